The van der Waals surface area contributed by atoms with Crippen LogP contribution in [0.1, 0.15) is 11.1 Å². The lowest BCUT2D eigenvalue weighted by Crippen LogP contribution is -2.06. The number of hydrogen-bond acceptors (Lipinski definition) is 3. The van der Waals surface area contributed by atoms with E-state index < -0.39 is 10.8 Å². The molecule has 15 heavy (non-hydrogen) atoms. The fourth-order valence-corrected chi connectivity index (χ4v) is 1.07. The summed E-state index contributed by atoms with van der Waals surface area (Å²) in [6, 6.07) is 4.36. The summed E-state index contributed by atoms with van der Waals surface area (Å²) in [7, 11) is 0. The number of nitro benzene ring substituents is 1. The van der Waals surface area contributed by atoms with E-state index in [4.69, 9.17) is 5.73 Å². The van der Waals surface area contributed by atoms with Gasteiger partial charge in [-0.15, -0.1) is 0 Å². The molecule has 2 N–H and O–H groups in total. The molecule has 5 heteroatoms. The Kier molecular flexibility index (Phi) is 3.03. The zero-order chi connectivity index (χ0) is 11.4. The highest BCUT2D eigenvalue weighted by Gasteiger charge is 2.08. The molecule has 0 aromatic heterocycles. The third kappa shape index (κ3) is 2.81. The number of rotatable bonds is 1. The zero-order valence-electron chi connectivity index (χ0n) is 7.98. The van der Waals surface area contributed by atoms with Crippen LogP contribution >= 0.6 is 0 Å². The van der Waals surface area contributed by atoms with Crippen LogP contribution in [0.5, 0.6) is 0 Å². The van der Waals surface area contributed by atoms with Crippen molar-refractivity contribution in [1.82, 2.24) is 0 Å². The second kappa shape index (κ2) is 4.24. The number of aryl methyl sites for hydroxylation is 1. The fourth-order valence-electron chi connectivity index (χ4n) is 1.07. The Hall–Kier alpha value is -2.35. The fraction of sp³-hybridized carbons (Fsp3) is 0.100. The first-order chi connectivity index (χ1) is 7.00. The number of primary amides is 1. The first-order valence-electron chi connectivity index (χ1n) is 4.07. The van der Waals surface area contributed by atoms with Gasteiger partial charge in [0.1, 0.15) is 0 Å². The highest BCUT2D eigenvalue weighted by atomic mass is 16.6. The molecule has 1 rings (SSSR count). The highest BCUT2D eigenvalue weighted by molar-refractivity contribution is 5.92. The molecule has 0 unspecified atom stereocenters. The Balaban J connectivity index is 3.09. The average molecular weight is 204 g/mol. The molecule has 0 aliphatic rings. The molecule has 5 nitrogen and oxygen atoms in total. The smallest absolute Gasteiger partial charge is 0.293 e. The van der Waals surface area contributed by atoms with Crippen LogP contribution in [0.25, 0.3) is 0 Å². The van der Waals surface area contributed by atoms with Crippen LogP contribution in [-0.4, -0.2) is 10.8 Å². The van der Waals surface area contributed by atoms with Crippen LogP contribution < -0.4 is 5.73 Å². The summed E-state index contributed by atoms with van der Waals surface area (Å²) in [5.74, 6) is 3.93. The summed E-state index contributed by atoms with van der Waals surface area (Å²) < 4.78 is 0. The van der Waals surface area contributed by atoms with E-state index >= 15 is 0 Å². The number of carbonyl (C=O) groups excluding carboxylic acids is 1. The van der Waals surface area contributed by atoms with Gasteiger partial charge in [0.25, 0.3) is 11.6 Å². The van der Waals surface area contributed by atoms with E-state index in [2.05, 4.69) is 11.8 Å². The summed E-state index contributed by atoms with van der Waals surface area (Å²) in [5.41, 5.74) is 5.88. The molecule has 1 amide bonds. The van der Waals surface area contributed by atoms with E-state index in [1.807, 2.05) is 0 Å². The lowest BCUT2D eigenvalue weighted by Gasteiger charge is -1.96. The van der Waals surface area contributed by atoms with E-state index in [1.165, 1.54) is 18.2 Å². The minimum absolute atomic E-state index is 0.0274. The van der Waals surface area contributed by atoms with Gasteiger partial charge in [0, 0.05) is 17.2 Å². The summed E-state index contributed by atoms with van der Waals surface area (Å²) in [5, 5.41) is 10.5. The molecular formula is C10H8N2O3. The molecule has 0 saturated heterocycles. The predicted molar refractivity (Wildman–Crippen MR) is 53.9 cm³/mol. The molecule has 76 valence electrons. The molecule has 0 aliphatic heterocycles. The molecule has 0 fully saturated rings. The van der Waals surface area contributed by atoms with Crippen LogP contribution in [0, 0.1) is 28.9 Å². The minimum Gasteiger partial charge on any atom is -0.359 e. The van der Waals surface area contributed by atoms with Gasteiger partial charge in [-0.2, -0.15) is 0 Å². The van der Waals surface area contributed by atoms with Crippen molar-refractivity contribution in [2.45, 2.75) is 6.92 Å². The SMILES string of the molecule is Cc1cc(C#CC(N)=O)ccc1[N+](=O)[O-]. The molecule has 1 aromatic carbocycles. The molecule has 0 saturated carbocycles. The molecule has 0 heterocycles. The number of hydrogen-bond donors (Lipinski definition) is 1. The highest BCUT2D eigenvalue weighted by Crippen LogP contribution is 2.17. The Morgan fingerprint density at radius 1 is 1.53 bits per heavy atom. The van der Waals surface area contributed by atoms with E-state index in [0.29, 0.717) is 11.1 Å². The molecule has 0 atom stereocenters. The summed E-state index contributed by atoms with van der Waals surface area (Å²) in [4.78, 5) is 20.4. The summed E-state index contributed by atoms with van der Waals surface area (Å²) in [6.45, 7) is 1.60. The van der Waals surface area contributed by atoms with E-state index in [-0.39, 0.29) is 5.69 Å². The van der Waals surface area contributed by atoms with Crippen LogP contribution in [0.15, 0.2) is 18.2 Å². The van der Waals surface area contributed by atoms with Crippen LogP contribution in [0.3, 0.4) is 0 Å². The second-order valence-corrected chi connectivity index (χ2v) is 2.87. The largest absolute Gasteiger partial charge is 0.359 e. The van der Waals surface area contributed by atoms with Crippen molar-refractivity contribution >= 4 is 11.6 Å². The van der Waals surface area contributed by atoms with Gasteiger partial charge in [-0.3, -0.25) is 14.9 Å². The standard InChI is InChI=1S/C10H8N2O3/c1-7-6-8(3-5-10(11)13)2-4-9(7)12(14)15/h2,4,6H,1H3,(H2,11,13). The molecular weight excluding hydrogens is 196 g/mol. The number of nitro groups is 1. The monoisotopic (exact) mass is 204 g/mol. The Morgan fingerprint density at radius 2 is 2.20 bits per heavy atom. The molecule has 1 aromatic rings. The van der Waals surface area contributed by atoms with Gasteiger partial charge in [0.15, 0.2) is 0 Å². The predicted octanol–water partition coefficient (Wildman–Crippen LogP) is 0.740. The maximum absolute atomic E-state index is 10.5. The van der Waals surface area contributed by atoms with E-state index in [9.17, 15) is 14.9 Å². The zero-order valence-corrected chi connectivity index (χ0v) is 7.98. The maximum Gasteiger partial charge on any atom is 0.293 e. The van der Waals surface area contributed by atoms with Crippen molar-refractivity contribution in [3.8, 4) is 11.8 Å². The molecule has 0 radical (unpaired) electrons. The lowest BCUT2D eigenvalue weighted by molar-refractivity contribution is -0.385. The first-order valence-corrected chi connectivity index (χ1v) is 4.07. The van der Waals surface area contributed by atoms with Crippen molar-refractivity contribution in [3.05, 3.63) is 39.4 Å². The number of nitrogens with zero attached hydrogens (tertiary/aromatic N) is 1. The van der Waals surface area contributed by atoms with Gasteiger partial charge in [-0.05, 0) is 25.0 Å². The van der Waals surface area contributed by atoms with Gasteiger partial charge >= 0.3 is 0 Å². The Bertz CT molecular complexity index is 483. The third-order valence-electron chi connectivity index (χ3n) is 1.72. The minimum atomic E-state index is -0.731. The number of nitrogens with two attached hydrogens (primary N) is 1. The summed E-state index contributed by atoms with van der Waals surface area (Å²) in [6.07, 6.45) is 0. The van der Waals surface area contributed by atoms with Gasteiger partial charge in [0.05, 0.1) is 4.92 Å². The second-order valence-electron chi connectivity index (χ2n) is 2.87. The van der Waals surface area contributed by atoms with Crippen LogP contribution in [0.2, 0.25) is 0 Å². The molecule has 0 aliphatic carbocycles. The van der Waals surface area contributed by atoms with Crippen molar-refractivity contribution < 1.29 is 9.72 Å². The van der Waals surface area contributed by atoms with E-state index in [0.717, 1.165) is 0 Å². The molecule has 0 spiro atoms. The number of carbonyl (C=O) groups is 1. The van der Waals surface area contributed by atoms with Gasteiger partial charge in [-0.25, -0.2) is 0 Å². The van der Waals surface area contributed by atoms with E-state index in [1.54, 1.807) is 6.92 Å². The maximum atomic E-state index is 10.5. The molecule has 0 bridgehead atoms. The van der Waals surface area contributed by atoms with Crippen molar-refractivity contribution in [2.24, 2.45) is 5.73 Å². The van der Waals surface area contributed by atoms with Gasteiger partial charge < -0.3 is 5.73 Å². The normalized spacial score (nSPS) is 8.87. The summed E-state index contributed by atoms with van der Waals surface area (Å²) >= 11 is 0. The van der Waals surface area contributed by atoms with Crippen molar-refractivity contribution in [1.29, 1.82) is 0 Å². The van der Waals surface area contributed by atoms with Crippen LogP contribution in [0.4, 0.5) is 5.69 Å². The van der Waals surface area contributed by atoms with Gasteiger partial charge in [0.2, 0.25) is 0 Å². The Labute approximate surface area is 86.0 Å². The first kappa shape index (κ1) is 10.7. The van der Waals surface area contributed by atoms with Crippen LogP contribution in [-0.2, 0) is 4.79 Å². The quantitative estimate of drug-likeness (QED) is 0.415. The van der Waals surface area contributed by atoms with Crippen molar-refractivity contribution in [2.75, 3.05) is 0 Å². The van der Waals surface area contributed by atoms with Gasteiger partial charge in [-0.1, -0.05) is 5.92 Å². The number of benzene rings is 1. The number of amides is 1. The topological polar surface area (TPSA) is 86.2 Å². The third-order valence-corrected chi connectivity index (χ3v) is 1.72. The Morgan fingerprint density at radius 3 is 2.67 bits per heavy atom. The lowest BCUT2D eigenvalue weighted by atomic mass is 10.1. The van der Waals surface area contributed by atoms with Crippen molar-refractivity contribution in [3.63, 3.8) is 0 Å². The average Bonchev–Trinajstić information content (AvgIpc) is 2.14.